The molecule has 0 saturated heterocycles. The Hall–Kier alpha value is -0.0900. The number of rotatable bonds is 13. The minimum Gasteiger partial charge on any atom is -0.380 e. The van der Waals surface area contributed by atoms with Crippen molar-refractivity contribution in [1.29, 1.82) is 0 Å². The lowest BCUT2D eigenvalue weighted by atomic mass is 9.88. The van der Waals surface area contributed by atoms with Crippen LogP contribution in [-0.2, 0) is 23.6 Å². The van der Waals surface area contributed by atoms with Crippen LogP contribution in [0.3, 0.4) is 0 Å². The molecule has 1 atom stereocenters. The van der Waals surface area contributed by atoms with Crippen LogP contribution in [0.5, 0.6) is 0 Å². The van der Waals surface area contributed by atoms with Crippen LogP contribution in [-0.4, -0.2) is 64.4 Å². The first-order valence-electron chi connectivity index (χ1n) is 6.96. The van der Waals surface area contributed by atoms with Crippen LogP contribution in [0.15, 0.2) is 6.08 Å². The van der Waals surface area contributed by atoms with Gasteiger partial charge < -0.3 is 18.8 Å². The molecule has 21 heavy (non-hydrogen) atoms. The van der Waals surface area contributed by atoms with Crippen molar-refractivity contribution < 1.29 is 23.6 Å². The van der Waals surface area contributed by atoms with Gasteiger partial charge in [-0.1, -0.05) is 6.92 Å². The third-order valence-corrected chi connectivity index (χ3v) is 3.88. The van der Waals surface area contributed by atoms with Crippen LogP contribution in [0.25, 0.3) is 0 Å². The summed E-state index contributed by atoms with van der Waals surface area (Å²) in [5.41, 5.74) is -0.311. The SMILES string of the molecule is CCC(COCC=C=O)(COCCS)COCP(C)(C)=O. The Morgan fingerprint density at radius 1 is 1.19 bits per heavy atom. The van der Waals surface area contributed by atoms with E-state index in [4.69, 9.17) is 14.2 Å². The van der Waals surface area contributed by atoms with Gasteiger partial charge in [-0.25, -0.2) is 4.79 Å². The van der Waals surface area contributed by atoms with Gasteiger partial charge in [0.15, 0.2) is 0 Å². The maximum atomic E-state index is 11.7. The lowest BCUT2D eigenvalue weighted by molar-refractivity contribution is -0.0582. The van der Waals surface area contributed by atoms with E-state index in [0.29, 0.717) is 32.2 Å². The zero-order valence-electron chi connectivity index (χ0n) is 13.2. The maximum absolute atomic E-state index is 11.7. The predicted octanol–water partition coefficient (Wildman–Crippen LogP) is 2.33. The molecule has 1 unspecified atom stereocenters. The minimum absolute atomic E-state index is 0.220. The second-order valence-corrected chi connectivity index (χ2v) is 9.37. The molecular weight excluding hydrogens is 311 g/mol. The first kappa shape index (κ1) is 20.9. The number of thiol groups is 1. The molecule has 0 aliphatic heterocycles. The summed E-state index contributed by atoms with van der Waals surface area (Å²) in [7, 11) is -2.20. The third kappa shape index (κ3) is 11.2. The van der Waals surface area contributed by atoms with E-state index in [1.165, 1.54) is 6.08 Å². The number of ether oxygens (including phenoxy) is 3. The van der Waals surface area contributed by atoms with E-state index in [1.807, 2.05) is 6.92 Å². The standard InChI is InChI=1S/C14H27O5PS/c1-4-14(11-18-8-9-21,10-17-7-5-6-15)12-19-13-20(2,3)16/h5,21H,4,7-13H2,1-3H3. The Labute approximate surface area is 133 Å². The summed E-state index contributed by atoms with van der Waals surface area (Å²) in [4.78, 5) is 10.1. The molecule has 124 valence electrons. The van der Waals surface area contributed by atoms with Crippen LogP contribution in [0.1, 0.15) is 13.3 Å². The minimum atomic E-state index is -2.20. The van der Waals surface area contributed by atoms with Crippen molar-refractivity contribution >= 4 is 25.7 Å². The van der Waals surface area contributed by atoms with Gasteiger partial charge in [-0.3, -0.25) is 0 Å². The summed E-state index contributed by atoms with van der Waals surface area (Å²) < 4.78 is 28.4. The fourth-order valence-corrected chi connectivity index (χ4v) is 2.29. The summed E-state index contributed by atoms with van der Waals surface area (Å²) in [6.45, 7) is 7.50. The molecule has 0 fully saturated rings. The van der Waals surface area contributed by atoms with Crippen LogP contribution >= 0.6 is 19.8 Å². The normalized spacial score (nSPS) is 14.5. The fourth-order valence-electron chi connectivity index (χ4n) is 1.63. The molecule has 0 N–H and O–H groups in total. The first-order chi connectivity index (χ1) is 9.89. The summed E-state index contributed by atoms with van der Waals surface area (Å²) in [6, 6.07) is 0. The average Bonchev–Trinajstić information content (AvgIpc) is 2.42. The highest BCUT2D eigenvalue weighted by Crippen LogP contribution is 2.36. The zero-order chi connectivity index (χ0) is 16.2. The van der Waals surface area contributed by atoms with E-state index >= 15 is 0 Å². The van der Waals surface area contributed by atoms with Gasteiger partial charge in [-0.2, -0.15) is 12.6 Å². The van der Waals surface area contributed by atoms with Crippen molar-refractivity contribution in [2.24, 2.45) is 5.41 Å². The Balaban J connectivity index is 4.52. The third-order valence-electron chi connectivity index (χ3n) is 2.90. The van der Waals surface area contributed by atoms with Crippen LogP contribution in [0, 0.1) is 5.41 Å². The quantitative estimate of drug-likeness (QED) is 0.242. The maximum Gasteiger partial charge on any atom is 0.122 e. The molecule has 0 aliphatic carbocycles. The highest BCUT2D eigenvalue weighted by molar-refractivity contribution is 7.80. The topological polar surface area (TPSA) is 61.8 Å². The predicted molar refractivity (Wildman–Crippen MR) is 88.8 cm³/mol. The van der Waals surface area contributed by atoms with Gasteiger partial charge in [0.25, 0.3) is 0 Å². The van der Waals surface area contributed by atoms with Crippen molar-refractivity contribution in [3.05, 3.63) is 6.08 Å². The number of hydrogen-bond donors (Lipinski definition) is 1. The molecule has 0 bridgehead atoms. The van der Waals surface area contributed by atoms with Crippen molar-refractivity contribution in [2.75, 3.05) is 58.5 Å². The number of carbonyl (C=O) groups excluding carboxylic acids is 1. The molecule has 0 aromatic rings. The molecule has 0 radical (unpaired) electrons. The van der Waals surface area contributed by atoms with E-state index in [9.17, 15) is 9.36 Å². The molecule has 0 aliphatic rings. The first-order valence-corrected chi connectivity index (χ1v) is 10.4. The molecule has 0 aromatic heterocycles. The zero-order valence-corrected chi connectivity index (χ0v) is 15.0. The molecule has 0 heterocycles. The Morgan fingerprint density at radius 2 is 1.81 bits per heavy atom. The monoisotopic (exact) mass is 338 g/mol. The second-order valence-electron chi connectivity index (χ2n) is 5.52. The van der Waals surface area contributed by atoms with Crippen molar-refractivity contribution in [1.82, 2.24) is 0 Å². The summed E-state index contributed by atoms with van der Waals surface area (Å²) >= 11 is 4.11. The van der Waals surface area contributed by atoms with Crippen LogP contribution in [0.2, 0.25) is 0 Å². The van der Waals surface area contributed by atoms with Gasteiger partial charge in [-0.05, 0) is 19.8 Å². The molecule has 0 saturated carbocycles. The summed E-state index contributed by atoms with van der Waals surface area (Å²) in [6.07, 6.45) is 2.33. The average molecular weight is 338 g/mol. The largest absolute Gasteiger partial charge is 0.380 e. The van der Waals surface area contributed by atoms with Gasteiger partial charge in [0, 0.05) is 17.2 Å². The molecule has 0 amide bonds. The van der Waals surface area contributed by atoms with Crippen LogP contribution in [0.4, 0.5) is 0 Å². The Morgan fingerprint density at radius 3 is 2.33 bits per heavy atom. The Kier molecular flexibility index (Phi) is 11.4. The lowest BCUT2D eigenvalue weighted by Gasteiger charge is -2.32. The van der Waals surface area contributed by atoms with Crippen molar-refractivity contribution in [2.45, 2.75) is 13.3 Å². The van der Waals surface area contributed by atoms with Gasteiger partial charge in [0.2, 0.25) is 0 Å². The highest BCUT2D eigenvalue weighted by atomic mass is 32.1. The van der Waals surface area contributed by atoms with Crippen molar-refractivity contribution in [3.8, 4) is 0 Å². The Bertz CT molecular complexity index is 364. The summed E-state index contributed by atoms with van der Waals surface area (Å²) in [5.74, 6) is 2.33. The van der Waals surface area contributed by atoms with E-state index in [1.54, 1.807) is 19.3 Å². The molecule has 0 spiro atoms. The summed E-state index contributed by atoms with van der Waals surface area (Å²) in [5, 5.41) is 0. The van der Waals surface area contributed by atoms with Gasteiger partial charge >= 0.3 is 0 Å². The van der Waals surface area contributed by atoms with E-state index in [0.717, 1.165) is 6.42 Å². The highest BCUT2D eigenvalue weighted by Gasteiger charge is 2.30. The van der Waals surface area contributed by atoms with E-state index < -0.39 is 7.14 Å². The van der Waals surface area contributed by atoms with Gasteiger partial charge in [0.05, 0.1) is 39.4 Å². The van der Waals surface area contributed by atoms with Gasteiger partial charge in [-0.15, -0.1) is 0 Å². The smallest absolute Gasteiger partial charge is 0.122 e. The lowest BCUT2D eigenvalue weighted by Crippen LogP contribution is -2.37. The molecule has 5 nitrogen and oxygen atoms in total. The molecular formula is C14H27O5PS. The van der Waals surface area contributed by atoms with E-state index in [2.05, 4.69) is 12.6 Å². The molecule has 0 rings (SSSR count). The molecule has 7 heteroatoms. The number of hydrogen-bond acceptors (Lipinski definition) is 6. The second kappa shape index (κ2) is 11.5. The van der Waals surface area contributed by atoms with Crippen LogP contribution < -0.4 is 0 Å². The van der Waals surface area contributed by atoms with E-state index in [-0.39, 0.29) is 18.4 Å². The van der Waals surface area contributed by atoms with Gasteiger partial charge in [0.1, 0.15) is 13.1 Å². The molecule has 0 aromatic carbocycles. The fraction of sp³-hybridized carbons (Fsp3) is 0.857. The van der Waals surface area contributed by atoms with Crippen molar-refractivity contribution in [3.63, 3.8) is 0 Å².